The van der Waals surface area contributed by atoms with Crippen LogP contribution in [0.15, 0.2) is 261 Å². The van der Waals surface area contributed by atoms with Crippen LogP contribution in [-0.2, 0) is 0 Å². The molecule has 19 rings (SSSR count). The molecule has 0 N–H and O–H groups in total. The maximum atomic E-state index is 5.76. The van der Waals surface area contributed by atoms with Gasteiger partial charge in [0.25, 0.3) is 0 Å². The Kier molecular flexibility index (Phi) is 11.0. The van der Waals surface area contributed by atoms with Crippen LogP contribution in [0.3, 0.4) is 0 Å². The molecule has 0 fully saturated rings. The molecule has 0 aliphatic heterocycles. The molecule has 0 bridgehead atoms. The lowest BCUT2D eigenvalue weighted by molar-refractivity contribution is 0.918. The van der Waals surface area contributed by atoms with Crippen LogP contribution in [-0.4, -0.2) is 23.7 Å². The summed E-state index contributed by atoms with van der Waals surface area (Å²) in [5.41, 5.74) is 13.5. The minimum atomic E-state index is 0.588. The first kappa shape index (κ1) is 49.2. The first-order chi connectivity index (χ1) is 42.6. The standard InChI is InChI=1S/C76H43N5S3.C2H6/c1-7-19-62-50(13-1)56-37-44(47-28-34-71-59(40-47)53-16-4-10-22-68(53)82-71)25-31-65(56)79(62)74-43-75(80-63-20-8-2-14-51(63)57-38-45(26-32-66(57)80)48-29-35-72-60(41-48)54-17-5-11-23-69(54)83-72)78-76(77-74)81-64-21-9-3-15-52(64)58-39-46(27-33-67(58)81)49-30-36-73-61(42-49)55-18-6-12-24-70(55)84-73;1-2/h1-43H;1-2H3. The maximum absolute atomic E-state index is 5.76. The number of benzene rings is 12. The third-order valence-electron chi connectivity index (χ3n) is 17.5. The van der Waals surface area contributed by atoms with Gasteiger partial charge in [-0.05, 0) is 143 Å². The van der Waals surface area contributed by atoms with E-state index < -0.39 is 0 Å². The average Bonchev–Trinajstić information content (AvgIpc) is 2.01. The molecule has 12 aromatic carbocycles. The zero-order chi connectivity index (χ0) is 56.7. The smallest absolute Gasteiger partial charge is 0.238 e. The van der Waals surface area contributed by atoms with Gasteiger partial charge in [-0.15, -0.1) is 34.0 Å². The third kappa shape index (κ3) is 7.40. The fourth-order valence-electron chi connectivity index (χ4n) is 13.6. The highest BCUT2D eigenvalue weighted by molar-refractivity contribution is 7.26. The summed E-state index contributed by atoms with van der Waals surface area (Å²) in [6.45, 7) is 4.00. The molecule has 0 saturated carbocycles. The first-order valence-corrected chi connectivity index (χ1v) is 31.8. The van der Waals surface area contributed by atoms with Crippen molar-refractivity contribution in [1.82, 2.24) is 23.7 Å². The number of hydrogen-bond donors (Lipinski definition) is 0. The Morgan fingerprint density at radius 3 is 0.837 bits per heavy atom. The van der Waals surface area contributed by atoms with E-state index in [1.165, 1.54) is 93.9 Å². The molecule has 0 aliphatic carbocycles. The summed E-state index contributed by atoms with van der Waals surface area (Å²) in [7, 11) is 0. The van der Waals surface area contributed by atoms with Crippen molar-refractivity contribution in [3.8, 4) is 51.0 Å². The molecule has 8 heteroatoms. The summed E-state index contributed by atoms with van der Waals surface area (Å²) in [4.78, 5) is 11.5. The van der Waals surface area contributed by atoms with Crippen LogP contribution >= 0.6 is 34.0 Å². The van der Waals surface area contributed by atoms with E-state index in [0.29, 0.717) is 5.95 Å². The number of para-hydroxylation sites is 3. The minimum absolute atomic E-state index is 0.588. The molecule has 7 heterocycles. The molecule has 0 radical (unpaired) electrons. The molecule has 19 aromatic rings. The fraction of sp³-hybridized carbons (Fsp3) is 0.0256. The zero-order valence-electron chi connectivity index (χ0n) is 46.8. The van der Waals surface area contributed by atoms with Crippen LogP contribution in [0.5, 0.6) is 0 Å². The second-order valence-electron chi connectivity index (χ2n) is 22.1. The maximum Gasteiger partial charge on any atom is 0.238 e. The van der Waals surface area contributed by atoms with E-state index in [9.17, 15) is 0 Å². The lowest BCUT2D eigenvalue weighted by atomic mass is 10.0. The number of hydrogen-bond acceptors (Lipinski definition) is 5. The number of aromatic nitrogens is 5. The molecule has 5 nitrogen and oxygen atoms in total. The van der Waals surface area contributed by atoms with E-state index in [4.69, 9.17) is 9.97 Å². The van der Waals surface area contributed by atoms with E-state index in [1.807, 2.05) is 47.9 Å². The Bertz CT molecular complexity index is 5430. The Morgan fingerprint density at radius 1 is 0.221 bits per heavy atom. The van der Waals surface area contributed by atoms with Gasteiger partial charge < -0.3 is 0 Å². The molecule has 404 valence electrons. The summed E-state index contributed by atoms with van der Waals surface area (Å²) in [5.74, 6) is 2.14. The average molecular weight is 1150 g/mol. The molecule has 0 saturated heterocycles. The minimum Gasteiger partial charge on any atom is -0.294 e. The highest BCUT2D eigenvalue weighted by Gasteiger charge is 2.23. The summed E-state index contributed by atoms with van der Waals surface area (Å²) in [6.07, 6.45) is 0. The van der Waals surface area contributed by atoms with Gasteiger partial charge >= 0.3 is 0 Å². The van der Waals surface area contributed by atoms with Gasteiger partial charge in [-0.3, -0.25) is 13.7 Å². The summed E-state index contributed by atoms with van der Waals surface area (Å²) < 4.78 is 14.8. The Hall–Kier alpha value is -10.2. The predicted octanol–water partition coefficient (Wildman–Crippen LogP) is 22.9. The number of thiophene rings is 3. The van der Waals surface area contributed by atoms with Crippen molar-refractivity contribution in [3.63, 3.8) is 0 Å². The van der Waals surface area contributed by atoms with Gasteiger partial charge in [0.15, 0.2) is 0 Å². The SMILES string of the molecule is CC.c1ccc2c(c1)sc1ccc(-c3ccc4c(c3)c3ccccc3n4-c3cc(-n4c5ccccc5c5cc(-c6ccc7sc8ccccc8c7c6)ccc54)nc(-n4c5ccccc5c5cc(-c6ccc7sc8ccccc8c7c6)ccc54)n3)cc12. The highest BCUT2D eigenvalue weighted by Crippen LogP contribution is 2.44. The van der Waals surface area contributed by atoms with Crippen molar-refractivity contribution >= 4 is 160 Å². The summed E-state index contributed by atoms with van der Waals surface area (Å²) in [5, 5.41) is 14.7. The van der Waals surface area contributed by atoms with Crippen molar-refractivity contribution in [2.24, 2.45) is 0 Å². The lowest BCUT2D eigenvalue weighted by Crippen LogP contribution is -2.10. The third-order valence-corrected chi connectivity index (χ3v) is 20.9. The van der Waals surface area contributed by atoms with Gasteiger partial charge in [0.2, 0.25) is 5.95 Å². The Balaban J connectivity index is 0.00000277. The van der Waals surface area contributed by atoms with Gasteiger partial charge in [-0.25, -0.2) is 0 Å². The second kappa shape index (κ2) is 19.2. The molecule has 7 aromatic heterocycles. The van der Waals surface area contributed by atoms with Gasteiger partial charge in [0.1, 0.15) is 11.6 Å². The van der Waals surface area contributed by atoms with E-state index in [2.05, 4.69) is 275 Å². The first-order valence-electron chi connectivity index (χ1n) is 29.4. The predicted molar refractivity (Wildman–Crippen MR) is 371 cm³/mol. The quantitative estimate of drug-likeness (QED) is 0.166. The van der Waals surface area contributed by atoms with Crippen LogP contribution < -0.4 is 0 Å². The fourth-order valence-corrected chi connectivity index (χ4v) is 16.9. The lowest BCUT2D eigenvalue weighted by Gasteiger charge is -2.15. The zero-order valence-corrected chi connectivity index (χ0v) is 49.2. The number of fused-ring (bicyclic) bond motifs is 18. The van der Waals surface area contributed by atoms with Crippen LogP contribution in [0.25, 0.3) is 177 Å². The molecular weight excluding hydrogens is 1100 g/mol. The van der Waals surface area contributed by atoms with E-state index in [0.717, 1.165) is 77.1 Å². The van der Waals surface area contributed by atoms with Crippen molar-refractivity contribution in [1.29, 1.82) is 0 Å². The number of nitrogens with zero attached hydrogens (tertiary/aromatic N) is 5. The van der Waals surface area contributed by atoms with Crippen LogP contribution in [0.1, 0.15) is 13.8 Å². The Morgan fingerprint density at radius 2 is 0.477 bits per heavy atom. The van der Waals surface area contributed by atoms with Gasteiger partial charge in [0.05, 0.1) is 33.1 Å². The van der Waals surface area contributed by atoms with E-state index in [-0.39, 0.29) is 0 Å². The Labute approximate surface area is 505 Å². The van der Waals surface area contributed by atoms with Gasteiger partial charge in [-0.2, -0.15) is 9.97 Å². The topological polar surface area (TPSA) is 40.6 Å². The molecular formula is C78H49N5S3. The molecule has 0 amide bonds. The van der Waals surface area contributed by atoms with Crippen molar-refractivity contribution in [2.75, 3.05) is 0 Å². The molecule has 0 atom stereocenters. The monoisotopic (exact) mass is 1150 g/mol. The molecule has 86 heavy (non-hydrogen) atoms. The number of rotatable bonds is 6. The second-order valence-corrected chi connectivity index (χ2v) is 25.3. The van der Waals surface area contributed by atoms with E-state index >= 15 is 0 Å². The van der Waals surface area contributed by atoms with Gasteiger partial charge in [0, 0.05) is 98.9 Å². The van der Waals surface area contributed by atoms with Crippen molar-refractivity contribution in [3.05, 3.63) is 261 Å². The molecule has 0 aliphatic rings. The molecule has 0 spiro atoms. The van der Waals surface area contributed by atoms with Crippen LogP contribution in [0.4, 0.5) is 0 Å². The van der Waals surface area contributed by atoms with Crippen LogP contribution in [0, 0.1) is 0 Å². The normalized spacial score (nSPS) is 12.1. The van der Waals surface area contributed by atoms with Crippen LogP contribution in [0.2, 0.25) is 0 Å². The van der Waals surface area contributed by atoms with Crippen molar-refractivity contribution < 1.29 is 0 Å². The highest BCUT2D eigenvalue weighted by atomic mass is 32.1. The van der Waals surface area contributed by atoms with E-state index in [1.54, 1.807) is 0 Å². The molecule has 0 unspecified atom stereocenters. The van der Waals surface area contributed by atoms with Gasteiger partial charge in [-0.1, -0.05) is 159 Å². The summed E-state index contributed by atoms with van der Waals surface area (Å²) in [6, 6.07) is 96.3. The largest absolute Gasteiger partial charge is 0.294 e. The summed E-state index contributed by atoms with van der Waals surface area (Å²) >= 11 is 5.56. The van der Waals surface area contributed by atoms with Crippen molar-refractivity contribution in [2.45, 2.75) is 13.8 Å².